The molecule has 0 amide bonds. The topological polar surface area (TPSA) is 71.0 Å². The van der Waals surface area contributed by atoms with Gasteiger partial charge in [0.15, 0.2) is 0 Å². The average Bonchev–Trinajstić information content (AvgIpc) is 0.729. The smallest absolute Gasteiger partial charge is 0.0942 e. The first kappa shape index (κ1) is 87.6. The highest BCUT2D eigenvalue weighted by Gasteiger charge is 2.28. The lowest BCUT2D eigenvalue weighted by Gasteiger charge is -2.28. The lowest BCUT2D eigenvalue weighted by Crippen LogP contribution is -2.11. The fourth-order valence-electron chi connectivity index (χ4n) is 23.1. The number of benzene rings is 26. The Balaban J connectivity index is 0.000000108. The van der Waals surface area contributed by atoms with Crippen molar-refractivity contribution in [3.8, 4) is 0 Å². The van der Waals surface area contributed by atoms with Crippen LogP contribution < -0.4 is 29.4 Å². The van der Waals surface area contributed by atoms with Crippen molar-refractivity contribution in [3.63, 3.8) is 0 Å². The fourth-order valence-corrected chi connectivity index (χ4v) is 23.1. The number of hydrogen-bond donors (Lipinski definition) is 0. The molecular weight excluding hydrogens is 1820 g/mol. The molecule has 0 radical (unpaired) electrons. The van der Waals surface area contributed by atoms with Gasteiger partial charge in [0, 0.05) is 136 Å². The number of fused-ring (bicyclic) bond motifs is 6. The molecule has 0 spiro atoms. The Bertz CT molecular complexity index is 8600. The van der Waals surface area contributed by atoms with Gasteiger partial charge in [-0.3, -0.25) is 19.9 Å². The van der Waals surface area contributed by atoms with E-state index in [4.69, 9.17) is 9.97 Å². The second-order valence-electron chi connectivity index (χ2n) is 38.5. The minimum Gasteiger partial charge on any atom is -0.310 e. The van der Waals surface area contributed by atoms with Gasteiger partial charge in [-0.1, -0.05) is 340 Å². The van der Waals surface area contributed by atoms with E-state index in [-0.39, 0.29) is 0 Å². The van der Waals surface area contributed by atoms with E-state index in [2.05, 4.69) is 549 Å². The molecule has 4 aromatic heterocycles. The van der Waals surface area contributed by atoms with Crippen LogP contribution in [-0.2, 0) is 0 Å². The zero-order valence-corrected chi connectivity index (χ0v) is 81.6. The highest BCUT2D eigenvalue weighted by Crippen LogP contribution is 2.53. The number of hydrogen-bond acceptors (Lipinski definition) is 10. The summed E-state index contributed by atoms with van der Waals surface area (Å²) in [6, 6.07) is 188. The van der Waals surface area contributed by atoms with Crippen molar-refractivity contribution < 1.29 is 0 Å². The molecule has 10 heteroatoms. The molecule has 10 nitrogen and oxygen atoms in total. The summed E-state index contributed by atoms with van der Waals surface area (Å²) in [7, 11) is 0. The molecule has 150 heavy (non-hydrogen) atoms. The molecule has 30 rings (SSSR count). The first-order chi connectivity index (χ1) is 74.4. The zero-order chi connectivity index (χ0) is 99.1. The summed E-state index contributed by atoms with van der Waals surface area (Å²) < 4.78 is 0. The summed E-state index contributed by atoms with van der Waals surface area (Å²) in [5.74, 6) is 0. The van der Waals surface area contributed by atoms with Crippen molar-refractivity contribution in [2.75, 3.05) is 29.4 Å². The average molecular weight is 1910 g/mol. The van der Waals surface area contributed by atoms with Gasteiger partial charge in [-0.25, -0.2) is 0 Å². The third kappa shape index (κ3) is 15.5. The number of rotatable bonds is 18. The molecule has 30 aromatic rings. The lowest BCUT2D eigenvalue weighted by molar-refractivity contribution is 1.26. The third-order valence-electron chi connectivity index (χ3n) is 29.6. The van der Waals surface area contributed by atoms with Crippen LogP contribution in [0.4, 0.5) is 102 Å². The van der Waals surface area contributed by atoms with Crippen molar-refractivity contribution in [2.24, 2.45) is 0 Å². The normalized spacial score (nSPS) is 11.6. The van der Waals surface area contributed by atoms with E-state index in [0.29, 0.717) is 0 Å². The Hall–Kier alpha value is -20.2. The molecular formula is C140H92N10. The van der Waals surface area contributed by atoms with Crippen molar-refractivity contribution in [1.29, 1.82) is 0 Å². The number of aromatic nitrogens is 4. The number of anilines is 18. The van der Waals surface area contributed by atoms with Gasteiger partial charge in [-0.15, -0.1) is 0 Å². The van der Waals surface area contributed by atoms with Crippen molar-refractivity contribution in [2.45, 2.75) is 0 Å². The van der Waals surface area contributed by atoms with Crippen LogP contribution in [-0.4, -0.2) is 19.9 Å². The maximum absolute atomic E-state index is 4.83. The Morgan fingerprint density at radius 1 is 0.120 bits per heavy atom. The minimum atomic E-state index is 0.973. The van der Waals surface area contributed by atoms with Crippen LogP contribution in [0.5, 0.6) is 0 Å². The van der Waals surface area contributed by atoms with E-state index in [1.807, 2.05) is 49.3 Å². The molecule has 4 heterocycles. The van der Waals surface area contributed by atoms with E-state index in [1.165, 1.54) is 130 Å². The monoisotopic (exact) mass is 1910 g/mol. The van der Waals surface area contributed by atoms with Gasteiger partial charge in [-0.05, 0) is 290 Å². The predicted octanol–water partition coefficient (Wildman–Crippen LogP) is 39.1. The van der Waals surface area contributed by atoms with Gasteiger partial charge in [0.25, 0.3) is 0 Å². The van der Waals surface area contributed by atoms with Crippen LogP contribution in [0.15, 0.2) is 559 Å². The van der Waals surface area contributed by atoms with Crippen LogP contribution >= 0.6 is 0 Å². The van der Waals surface area contributed by atoms with Crippen LogP contribution in [0, 0.1) is 0 Å². The minimum absolute atomic E-state index is 0.973. The Kier molecular flexibility index (Phi) is 21.7. The SMILES string of the molecule is c1ccc(N(c2cc3ccc4cc(N(c5ccccc5)c5cccc6ccccc56)cc5ccc(c2)c3c45)c2cccc3ccccc23)cc1.c1ccc(N(c2cc3ccc4cc(N(c5ccccc5)c5cccc6cccnc56)cc5ccc(c2)c3c45)c2cccc3cccnc23)cc1.c1ccc(N(c2cc3ccc4cc(N(c5ccccc5)c5cncc6ccccc56)cc5ccc(c2)c3c45)c2cncc3ccccc23)cc1. The van der Waals surface area contributed by atoms with Gasteiger partial charge in [0.1, 0.15) is 0 Å². The predicted molar refractivity (Wildman–Crippen MR) is 635 cm³/mol. The summed E-state index contributed by atoms with van der Waals surface area (Å²) >= 11 is 0. The lowest BCUT2D eigenvalue weighted by atomic mass is 9.92. The van der Waals surface area contributed by atoms with Crippen LogP contribution in [0.1, 0.15) is 0 Å². The van der Waals surface area contributed by atoms with Gasteiger partial charge < -0.3 is 29.4 Å². The second kappa shape index (κ2) is 37.2. The molecule has 0 unspecified atom stereocenters. The highest BCUT2D eigenvalue weighted by molar-refractivity contribution is 6.29. The maximum atomic E-state index is 4.83. The highest BCUT2D eigenvalue weighted by atomic mass is 15.2. The maximum Gasteiger partial charge on any atom is 0.0942 e. The van der Waals surface area contributed by atoms with E-state index >= 15 is 0 Å². The third-order valence-corrected chi connectivity index (χ3v) is 29.6. The van der Waals surface area contributed by atoms with E-state index < -0.39 is 0 Å². The molecule has 0 aliphatic heterocycles. The largest absolute Gasteiger partial charge is 0.310 e. The zero-order valence-electron chi connectivity index (χ0n) is 81.6. The van der Waals surface area contributed by atoms with E-state index in [1.54, 1.807) is 0 Å². The van der Waals surface area contributed by atoms with Crippen LogP contribution in [0.2, 0.25) is 0 Å². The van der Waals surface area contributed by atoms with Gasteiger partial charge in [-0.2, -0.15) is 0 Å². The van der Waals surface area contributed by atoms with Crippen molar-refractivity contribution in [3.05, 3.63) is 559 Å². The number of nitrogens with zero attached hydrogens (tertiary/aromatic N) is 10. The molecule has 0 atom stereocenters. The van der Waals surface area contributed by atoms with Gasteiger partial charge in [0.05, 0.1) is 57.6 Å². The summed E-state index contributed by atoms with van der Waals surface area (Å²) in [6.45, 7) is 0. The Morgan fingerprint density at radius 3 is 0.560 bits per heavy atom. The molecule has 0 aliphatic rings. The fraction of sp³-hybridized carbons (Fsp3) is 0. The van der Waals surface area contributed by atoms with E-state index in [0.717, 1.165) is 134 Å². The molecule has 0 bridgehead atoms. The van der Waals surface area contributed by atoms with Crippen molar-refractivity contribution >= 4 is 264 Å². The van der Waals surface area contributed by atoms with Gasteiger partial charge >= 0.3 is 0 Å². The summed E-state index contributed by atoms with van der Waals surface area (Å²) in [5.41, 5.74) is 21.8. The molecule has 702 valence electrons. The molecule has 0 aliphatic carbocycles. The quantitative estimate of drug-likeness (QED) is 0.0776. The number of para-hydroxylation sites is 8. The van der Waals surface area contributed by atoms with Gasteiger partial charge in [0.2, 0.25) is 0 Å². The molecule has 0 fully saturated rings. The summed E-state index contributed by atoms with van der Waals surface area (Å²) in [5, 5.41) is 34.0. The second-order valence-corrected chi connectivity index (χ2v) is 38.5. The number of pyridine rings is 4. The standard InChI is InChI=1S/C48H32N2.2C46H30N4/c1-3-17-39(18-4-1)49(45-23-11-15-33-13-7-9-21-43(33)45)41-29-35-25-27-37-31-42(32-38-28-26-36(30-41)47(35)48(37)38)50(40-19-5-2-6-20-40)46-24-12-16-34-14-8-10-22-44(34)46;1-3-15-37(16-4-1)49(41-19-7-11-31-13-9-25-47-45(31)41)39-27-33-21-23-35-29-40(30-36-24-22-34(28-39)43(33)44(35)36)50(38-17-5-2-6-18-38)42-20-8-12-32-14-10-26-48-46(32)42;1-3-13-37(14-4-1)49(43-29-47-27-35-11-7-9-17-41(35)43)39-23-31-19-21-33-25-40(26-34-22-20-32(24-39)45(31)46(33)34)50(38-15-5-2-6-16-38)44-30-48-28-36-12-8-10-18-42(36)44/h1-32H;2*1-30H. The Morgan fingerprint density at radius 2 is 0.307 bits per heavy atom. The first-order valence-corrected chi connectivity index (χ1v) is 51.0. The molecule has 26 aromatic carbocycles. The summed E-state index contributed by atoms with van der Waals surface area (Å²) in [6.07, 6.45) is 11.6. The molecule has 0 N–H and O–H groups in total. The van der Waals surface area contributed by atoms with Crippen molar-refractivity contribution in [1.82, 2.24) is 19.9 Å². The van der Waals surface area contributed by atoms with Crippen LogP contribution in [0.25, 0.3) is 162 Å². The molecule has 0 saturated carbocycles. The first-order valence-electron chi connectivity index (χ1n) is 51.0. The Labute approximate surface area is 866 Å². The van der Waals surface area contributed by atoms with Crippen LogP contribution in [0.3, 0.4) is 0 Å². The summed E-state index contributed by atoms with van der Waals surface area (Å²) in [4.78, 5) is 33.1. The molecule has 0 saturated heterocycles. The van der Waals surface area contributed by atoms with E-state index in [9.17, 15) is 0 Å².